The zero-order chi connectivity index (χ0) is 49.8. The number of hydrogen-bond acceptors (Lipinski definition) is 16. The van der Waals surface area contributed by atoms with Crippen LogP contribution in [0.2, 0.25) is 0 Å². The van der Waals surface area contributed by atoms with Crippen LogP contribution in [0.4, 0.5) is 0 Å². The second-order valence-electron chi connectivity index (χ2n) is 16.5. The number of esters is 2. The van der Waals surface area contributed by atoms with Gasteiger partial charge in [0.2, 0.25) is 23.9 Å². The third kappa shape index (κ3) is 16.0. The van der Waals surface area contributed by atoms with E-state index < -0.39 is 70.1 Å². The number of aryl methyl sites for hydroxylation is 2. The van der Waals surface area contributed by atoms with Gasteiger partial charge in [-0.25, -0.2) is 0 Å². The summed E-state index contributed by atoms with van der Waals surface area (Å²) in [5.74, 6) is 4.17. The van der Waals surface area contributed by atoms with Gasteiger partial charge < -0.3 is 18.9 Å². The molecule has 2 aliphatic rings. The first-order chi connectivity index (χ1) is 31.4. The average Bonchev–Trinajstić information content (AvgIpc) is 3.28. The van der Waals surface area contributed by atoms with Gasteiger partial charge in [0.05, 0.1) is 60.6 Å². The fourth-order valence-electron chi connectivity index (χ4n) is 8.55. The molecule has 4 rings (SSSR count). The van der Waals surface area contributed by atoms with E-state index in [2.05, 4.69) is 25.5 Å². The lowest BCUT2D eigenvalue weighted by Crippen LogP contribution is -2.66. The summed E-state index contributed by atoms with van der Waals surface area (Å²) < 4.78 is 23.5. The van der Waals surface area contributed by atoms with Crippen molar-refractivity contribution in [3.8, 4) is 0 Å². The Hall–Kier alpha value is -4.14. The number of thioether (sulfide) groups is 2. The summed E-state index contributed by atoms with van der Waals surface area (Å²) in [4.78, 5) is 77.1. The number of amides is 2. The number of nitro groups is 2. The molecule has 0 aromatic heterocycles. The lowest BCUT2D eigenvalue weighted by Gasteiger charge is -2.46. The molecule has 0 heterocycles. The topological polar surface area (TPSA) is 247 Å². The maximum atomic E-state index is 13.1. The zero-order valence-electron chi connectivity index (χ0n) is 40.4. The number of benzene rings is 2. The molecule has 2 aliphatic carbocycles. The van der Waals surface area contributed by atoms with Crippen LogP contribution in [-0.4, -0.2) is 105 Å². The maximum absolute atomic E-state index is 13.1. The monoisotopic (exact) mass is 963 g/mol. The molecule has 0 aliphatic heterocycles. The van der Waals surface area contributed by atoms with Crippen molar-refractivity contribution in [3.05, 3.63) is 79.9 Å². The predicted molar refractivity (Wildman–Crippen MR) is 256 cm³/mol. The molecule has 370 valence electrons. The van der Waals surface area contributed by atoms with Crippen molar-refractivity contribution in [2.45, 2.75) is 178 Å². The average molecular weight is 964 g/mol. The minimum absolute atomic E-state index is 0.0110. The van der Waals surface area contributed by atoms with Crippen molar-refractivity contribution in [2.24, 2.45) is 29.4 Å². The Bertz CT molecular complexity index is 1840. The molecule has 66 heavy (non-hydrogen) atoms. The van der Waals surface area contributed by atoms with E-state index in [1.165, 1.54) is 25.6 Å². The third-order valence-corrected chi connectivity index (χ3v) is 14.9. The van der Waals surface area contributed by atoms with Crippen molar-refractivity contribution in [3.63, 3.8) is 0 Å². The van der Waals surface area contributed by atoms with E-state index in [9.17, 15) is 39.4 Å². The third-order valence-electron chi connectivity index (χ3n) is 12.1. The van der Waals surface area contributed by atoms with Crippen LogP contribution >= 0.6 is 23.5 Å². The lowest BCUT2D eigenvalue weighted by atomic mass is 9.76. The van der Waals surface area contributed by atoms with Gasteiger partial charge >= 0.3 is 11.9 Å². The maximum Gasteiger partial charge on any atom is 0.310 e. The molecule has 19 heteroatoms. The fourth-order valence-corrected chi connectivity index (χ4v) is 11.3. The summed E-state index contributed by atoms with van der Waals surface area (Å²) in [7, 11) is 0. The van der Waals surface area contributed by atoms with Gasteiger partial charge in [0.25, 0.3) is 0 Å². The minimum atomic E-state index is -1.37. The van der Waals surface area contributed by atoms with Gasteiger partial charge in [-0.2, -0.15) is 0 Å². The molecule has 2 amide bonds. The molecular formula is C47H73N5O12S2. The minimum Gasteiger partial charge on any atom is -0.466 e. The molecule has 0 radical (unpaired) electrons. The van der Waals surface area contributed by atoms with Crippen LogP contribution in [-0.2, 0) is 38.1 Å². The Kier molecular flexibility index (Phi) is 25.4. The first-order valence-electron chi connectivity index (χ1n) is 22.9. The van der Waals surface area contributed by atoms with Crippen molar-refractivity contribution in [2.75, 3.05) is 13.2 Å². The highest BCUT2D eigenvalue weighted by molar-refractivity contribution is 8.00. The molecule has 0 bridgehead atoms. The highest BCUT2D eigenvalue weighted by Crippen LogP contribution is 2.45. The van der Waals surface area contributed by atoms with E-state index in [1.54, 1.807) is 25.6 Å². The van der Waals surface area contributed by atoms with Crippen molar-refractivity contribution in [1.29, 1.82) is 0 Å². The first-order valence-corrected chi connectivity index (χ1v) is 24.6. The quantitative estimate of drug-likeness (QED) is 0.0592. The molecule has 0 saturated heterocycles. The number of hydrogen-bond donors (Lipinski definition) is 2. The summed E-state index contributed by atoms with van der Waals surface area (Å²) >= 11 is 2.94. The van der Waals surface area contributed by atoms with Crippen LogP contribution in [0.3, 0.4) is 0 Å². The Balaban J connectivity index is 0.000000444. The van der Waals surface area contributed by atoms with E-state index in [0.29, 0.717) is 12.8 Å². The van der Waals surface area contributed by atoms with E-state index in [0.717, 1.165) is 38.7 Å². The second kappa shape index (κ2) is 28.9. The number of carbonyl (C=O) groups is 4. The van der Waals surface area contributed by atoms with Crippen LogP contribution in [0, 0.1) is 51.8 Å². The lowest BCUT2D eigenvalue weighted by molar-refractivity contribution is -0.539. The number of rotatable bonds is 19. The normalized spacial score (nSPS) is 24.8. The van der Waals surface area contributed by atoms with Crippen LogP contribution in [0.25, 0.3) is 0 Å². The van der Waals surface area contributed by atoms with Crippen LogP contribution in [0.1, 0.15) is 112 Å². The summed E-state index contributed by atoms with van der Waals surface area (Å²) in [5, 5.41) is 23.2. The molecule has 2 aromatic carbocycles. The molecule has 2 fully saturated rings. The van der Waals surface area contributed by atoms with Crippen molar-refractivity contribution >= 4 is 47.3 Å². The number of nitrogens with two attached hydrogens (primary N) is 2. The molecule has 2 saturated carbocycles. The Morgan fingerprint density at radius 2 is 1.00 bits per heavy atom. The number of carbonyl (C=O) groups excluding carboxylic acids is 4. The van der Waals surface area contributed by atoms with Gasteiger partial charge in [-0.1, -0.05) is 70.0 Å². The summed E-state index contributed by atoms with van der Waals surface area (Å²) in [6.45, 7) is 20.1. The predicted octanol–water partition coefficient (Wildman–Crippen LogP) is 7.73. The van der Waals surface area contributed by atoms with Crippen molar-refractivity contribution < 1.29 is 48.0 Å². The Labute approximate surface area is 398 Å². The Morgan fingerprint density at radius 1 is 0.652 bits per heavy atom. The molecular weight excluding hydrogens is 891 g/mol. The number of imide groups is 1. The first kappa shape index (κ1) is 58.0. The van der Waals surface area contributed by atoms with Gasteiger partial charge in [0, 0.05) is 51.6 Å². The van der Waals surface area contributed by atoms with Gasteiger partial charge in [-0.05, 0) is 77.6 Å². The van der Waals surface area contributed by atoms with Gasteiger partial charge in [0.15, 0.2) is 0 Å². The number of nitrogens with zero attached hydrogens (tertiary/aromatic N) is 3. The van der Waals surface area contributed by atoms with Crippen LogP contribution in [0.5, 0.6) is 0 Å². The molecule has 2 aromatic rings. The molecule has 0 unspecified atom stereocenters. The standard InChI is InChI=1S/C25H36N2O7S.C22H33NO5S.H4N2/c1-7-18(8-2)34-23-22(26(16(5)28)17(6)29)21(27(31)32)14-20(25(30)33-9-3)24(23)35-19-12-10-15(4)11-13-19;1-6-16(7-2)28-20-15(5)19(23(25)26)13-18(22(24)27-8-3)21(20)29-17-11-9-14(4)10-12-17;1-2/h10-13,18,20-24H,7-9,14H2,1-6H3;9-12,15-16,18-21H,6-8,13H2,1-5H3;1-2H2/t20-,21+,22-,23+,24-;15-,18-,19+,20+,21-;/m11./s1. The molecule has 0 spiro atoms. The molecule has 4 N–H and O–H groups in total. The highest BCUT2D eigenvalue weighted by atomic mass is 32.2. The highest BCUT2D eigenvalue weighted by Gasteiger charge is 2.58. The number of hydrazine groups is 1. The van der Waals surface area contributed by atoms with E-state index in [4.69, 9.17) is 18.9 Å². The summed E-state index contributed by atoms with van der Waals surface area (Å²) in [6, 6.07) is 12.5. The Morgan fingerprint density at radius 3 is 1.33 bits per heavy atom. The van der Waals surface area contributed by atoms with E-state index in [-0.39, 0.29) is 60.3 Å². The van der Waals surface area contributed by atoms with Crippen LogP contribution in [0.15, 0.2) is 58.3 Å². The molecule has 10 atom stereocenters. The number of ether oxygens (including phenoxy) is 4. The fraction of sp³-hybridized carbons (Fsp3) is 0.660. The largest absolute Gasteiger partial charge is 0.466 e. The van der Waals surface area contributed by atoms with E-state index in [1.807, 2.05) is 83.1 Å². The molecule has 17 nitrogen and oxygen atoms in total. The smallest absolute Gasteiger partial charge is 0.310 e. The SMILES string of the molecule is CCOC(=O)[C@@H]1C[C@H]([N+](=O)[O-])[C@@H](C)[C@H](OC(CC)CC)[C@@H]1Sc1ccc(C)cc1.CCOC(=O)[C@@H]1C[C@H]([N+](=O)[O-])[C@@H](N(C(C)=O)C(C)=O)[C@H](OC(CC)CC)[C@@H]1Sc1ccc(C)cc1.NN. The van der Waals surface area contributed by atoms with Crippen LogP contribution < -0.4 is 11.7 Å². The van der Waals surface area contributed by atoms with Gasteiger partial charge in [-0.15, -0.1) is 23.5 Å². The summed E-state index contributed by atoms with van der Waals surface area (Å²) in [5.41, 5.74) is 2.22. The second-order valence-corrected chi connectivity index (χ2v) is 19.0. The zero-order valence-corrected chi connectivity index (χ0v) is 42.0. The summed E-state index contributed by atoms with van der Waals surface area (Å²) in [6.07, 6.45) is 1.34. The van der Waals surface area contributed by atoms with E-state index >= 15 is 0 Å². The van der Waals surface area contributed by atoms with Crippen molar-refractivity contribution in [1.82, 2.24) is 4.90 Å². The van der Waals surface area contributed by atoms with Gasteiger partial charge in [-0.3, -0.25) is 56.0 Å². The van der Waals surface area contributed by atoms with Gasteiger partial charge in [0.1, 0.15) is 6.04 Å².